The van der Waals surface area contributed by atoms with Gasteiger partial charge in [-0.15, -0.1) is 0 Å². The van der Waals surface area contributed by atoms with Gasteiger partial charge in [0.2, 0.25) is 0 Å². The minimum Gasteiger partial charge on any atom is -0.494 e. The summed E-state index contributed by atoms with van der Waals surface area (Å²) in [6.45, 7) is 3.84. The third kappa shape index (κ3) is 3.75. The van der Waals surface area contributed by atoms with Gasteiger partial charge in [-0.2, -0.15) is 4.99 Å². The molecule has 0 atom stereocenters. The van der Waals surface area contributed by atoms with Crippen LogP contribution in [0.1, 0.15) is 30.1 Å². The Morgan fingerprint density at radius 1 is 1.21 bits per heavy atom. The first-order chi connectivity index (χ1) is 13.7. The van der Waals surface area contributed by atoms with E-state index in [0.29, 0.717) is 35.9 Å². The zero-order chi connectivity index (χ0) is 19.5. The molecule has 1 aliphatic heterocycles. The molecule has 4 rings (SSSR count). The Bertz CT molecular complexity index is 1080. The van der Waals surface area contributed by atoms with E-state index < -0.39 is 0 Å². The average Bonchev–Trinajstić information content (AvgIpc) is 3.01. The highest BCUT2D eigenvalue weighted by Gasteiger charge is 2.16. The highest BCUT2D eigenvalue weighted by molar-refractivity contribution is 7.16. The van der Waals surface area contributed by atoms with Gasteiger partial charge in [0.1, 0.15) is 19.0 Å². The van der Waals surface area contributed by atoms with E-state index in [2.05, 4.69) is 11.9 Å². The Morgan fingerprint density at radius 2 is 2.00 bits per heavy atom. The molecule has 6 nitrogen and oxygen atoms in total. The zero-order valence-corrected chi connectivity index (χ0v) is 16.8. The third-order valence-electron chi connectivity index (χ3n) is 4.52. The summed E-state index contributed by atoms with van der Waals surface area (Å²) in [5.41, 5.74) is 1.47. The van der Waals surface area contributed by atoms with Gasteiger partial charge in [0, 0.05) is 24.7 Å². The number of fused-ring (bicyclic) bond motifs is 2. The van der Waals surface area contributed by atoms with E-state index in [-0.39, 0.29) is 5.91 Å². The number of nitrogens with zero attached hydrogens (tertiary/aromatic N) is 2. The van der Waals surface area contributed by atoms with Gasteiger partial charge in [0.25, 0.3) is 5.91 Å². The van der Waals surface area contributed by atoms with Gasteiger partial charge in [-0.3, -0.25) is 4.79 Å². The number of rotatable bonds is 5. The van der Waals surface area contributed by atoms with E-state index >= 15 is 0 Å². The summed E-state index contributed by atoms with van der Waals surface area (Å²) in [5, 5.41) is 0. The molecule has 0 fully saturated rings. The number of aromatic nitrogens is 1. The van der Waals surface area contributed by atoms with Crippen molar-refractivity contribution in [2.75, 3.05) is 19.8 Å². The molecule has 0 radical (unpaired) electrons. The lowest BCUT2D eigenvalue weighted by molar-refractivity contribution is 0.0997. The summed E-state index contributed by atoms with van der Waals surface area (Å²) < 4.78 is 19.9. The summed E-state index contributed by atoms with van der Waals surface area (Å²) in [5.74, 6) is 1.86. The molecule has 2 heterocycles. The van der Waals surface area contributed by atoms with Crippen molar-refractivity contribution >= 4 is 27.5 Å². The molecule has 1 amide bonds. The molecule has 0 N–H and O–H groups in total. The Labute approximate surface area is 167 Å². The van der Waals surface area contributed by atoms with Crippen molar-refractivity contribution in [3.05, 3.63) is 46.8 Å². The zero-order valence-electron chi connectivity index (χ0n) is 15.9. The second-order valence-corrected chi connectivity index (χ2v) is 7.56. The van der Waals surface area contributed by atoms with E-state index in [4.69, 9.17) is 14.2 Å². The van der Waals surface area contributed by atoms with E-state index in [1.165, 1.54) is 11.3 Å². The third-order valence-corrected chi connectivity index (χ3v) is 5.61. The van der Waals surface area contributed by atoms with Gasteiger partial charge < -0.3 is 18.8 Å². The van der Waals surface area contributed by atoms with Crippen molar-refractivity contribution in [2.24, 2.45) is 12.0 Å². The number of thiazole rings is 1. The first-order valence-electron chi connectivity index (χ1n) is 9.37. The van der Waals surface area contributed by atoms with E-state index in [0.717, 1.165) is 34.6 Å². The summed E-state index contributed by atoms with van der Waals surface area (Å²) in [4.78, 5) is 17.7. The normalized spacial score (nSPS) is 13.7. The minimum absolute atomic E-state index is 0.291. The molecule has 0 saturated carbocycles. The molecule has 1 aromatic heterocycles. The molecule has 146 valence electrons. The summed E-state index contributed by atoms with van der Waals surface area (Å²) in [6, 6.07) is 11.1. The summed E-state index contributed by atoms with van der Waals surface area (Å²) >= 11 is 1.45. The topological polar surface area (TPSA) is 62.0 Å². The van der Waals surface area contributed by atoms with Gasteiger partial charge in [0.05, 0.1) is 16.8 Å². The monoisotopic (exact) mass is 398 g/mol. The number of benzene rings is 2. The molecular formula is C21H22N2O4S. The van der Waals surface area contributed by atoms with Crippen molar-refractivity contribution in [1.29, 1.82) is 0 Å². The number of unbranched alkanes of at least 4 members (excludes halogenated alkanes) is 1. The molecule has 7 heteroatoms. The van der Waals surface area contributed by atoms with Gasteiger partial charge in [-0.1, -0.05) is 30.7 Å². The Balaban J connectivity index is 1.65. The van der Waals surface area contributed by atoms with Crippen LogP contribution >= 0.6 is 11.3 Å². The van der Waals surface area contributed by atoms with Crippen LogP contribution in [0, 0.1) is 0 Å². The van der Waals surface area contributed by atoms with Crippen LogP contribution in [0.5, 0.6) is 17.2 Å². The number of amides is 1. The minimum atomic E-state index is -0.291. The van der Waals surface area contributed by atoms with Crippen LogP contribution in [0.2, 0.25) is 0 Å². The molecule has 1 aliphatic rings. The summed E-state index contributed by atoms with van der Waals surface area (Å²) in [6.07, 6.45) is 2.05. The highest BCUT2D eigenvalue weighted by Crippen LogP contribution is 2.35. The smallest absolute Gasteiger partial charge is 0.279 e. The first kappa shape index (κ1) is 18.6. The fourth-order valence-electron chi connectivity index (χ4n) is 2.98. The lowest BCUT2D eigenvalue weighted by Crippen LogP contribution is -2.15. The average molecular weight is 398 g/mol. The second-order valence-electron chi connectivity index (χ2n) is 6.55. The van der Waals surface area contributed by atoms with Gasteiger partial charge in [-0.05, 0) is 24.6 Å². The standard InChI is InChI=1S/C21H22N2O4S/c1-3-4-8-25-15-7-5-6-14(11-15)20(24)22-21-23(2)16-12-17-18(13-19(16)28-21)27-10-9-26-17/h5-7,11-13H,3-4,8-10H2,1-2H3. The van der Waals surface area contributed by atoms with E-state index in [1.54, 1.807) is 12.1 Å². The van der Waals surface area contributed by atoms with Gasteiger partial charge >= 0.3 is 0 Å². The molecule has 0 aliphatic carbocycles. The largest absolute Gasteiger partial charge is 0.494 e. The molecular weight excluding hydrogens is 376 g/mol. The molecule has 3 aromatic rings. The Kier molecular flexibility index (Phi) is 5.34. The van der Waals surface area contributed by atoms with Crippen LogP contribution < -0.4 is 19.0 Å². The van der Waals surface area contributed by atoms with Crippen LogP contribution in [0.4, 0.5) is 0 Å². The lowest BCUT2D eigenvalue weighted by Gasteiger charge is -2.18. The van der Waals surface area contributed by atoms with Crippen LogP contribution in [0.15, 0.2) is 41.4 Å². The molecule has 0 bridgehead atoms. The fraction of sp³-hybridized carbons (Fsp3) is 0.333. The number of carbonyl (C=O) groups excluding carboxylic acids is 1. The second kappa shape index (κ2) is 8.06. The van der Waals surface area contributed by atoms with Crippen LogP contribution in [0.25, 0.3) is 10.2 Å². The number of aryl methyl sites for hydroxylation is 1. The van der Waals surface area contributed by atoms with Crippen molar-refractivity contribution in [1.82, 2.24) is 4.57 Å². The van der Waals surface area contributed by atoms with Crippen molar-refractivity contribution in [3.63, 3.8) is 0 Å². The molecule has 0 unspecified atom stereocenters. The highest BCUT2D eigenvalue weighted by atomic mass is 32.1. The SMILES string of the molecule is CCCCOc1cccc(C(=O)N=c2sc3cc4c(cc3n2C)OCCO4)c1. The Morgan fingerprint density at radius 3 is 2.79 bits per heavy atom. The quantitative estimate of drug-likeness (QED) is 0.611. The van der Waals surface area contributed by atoms with Crippen molar-refractivity contribution in [2.45, 2.75) is 19.8 Å². The predicted molar refractivity (Wildman–Crippen MR) is 109 cm³/mol. The maximum Gasteiger partial charge on any atom is 0.279 e. The fourth-order valence-corrected chi connectivity index (χ4v) is 4.00. The van der Waals surface area contributed by atoms with E-state index in [1.807, 2.05) is 35.9 Å². The molecule has 0 spiro atoms. The maximum atomic E-state index is 12.7. The maximum absolute atomic E-state index is 12.7. The van der Waals surface area contributed by atoms with Gasteiger partial charge in [0.15, 0.2) is 16.3 Å². The molecule has 28 heavy (non-hydrogen) atoms. The van der Waals surface area contributed by atoms with Crippen molar-refractivity contribution < 1.29 is 19.0 Å². The first-order valence-corrected chi connectivity index (χ1v) is 10.2. The van der Waals surface area contributed by atoms with Crippen LogP contribution in [0.3, 0.4) is 0 Å². The number of carbonyl (C=O) groups is 1. The summed E-state index contributed by atoms with van der Waals surface area (Å²) in [7, 11) is 1.89. The molecule has 2 aromatic carbocycles. The predicted octanol–water partition coefficient (Wildman–Crippen LogP) is 3.93. The Hall–Kier alpha value is -2.80. The number of ether oxygens (including phenoxy) is 3. The van der Waals surface area contributed by atoms with Crippen molar-refractivity contribution in [3.8, 4) is 17.2 Å². The van der Waals surface area contributed by atoms with Crippen LogP contribution in [-0.4, -0.2) is 30.3 Å². The van der Waals surface area contributed by atoms with Crippen LogP contribution in [-0.2, 0) is 7.05 Å². The number of hydrogen-bond donors (Lipinski definition) is 0. The lowest BCUT2D eigenvalue weighted by atomic mass is 10.2. The molecule has 0 saturated heterocycles. The number of hydrogen-bond acceptors (Lipinski definition) is 5. The van der Waals surface area contributed by atoms with E-state index in [9.17, 15) is 4.79 Å². The van der Waals surface area contributed by atoms with Gasteiger partial charge in [-0.25, -0.2) is 0 Å².